The van der Waals surface area contributed by atoms with Gasteiger partial charge in [-0.25, -0.2) is 4.39 Å². The summed E-state index contributed by atoms with van der Waals surface area (Å²) in [5.74, 6) is -1.41. The molecule has 3 aromatic rings. The van der Waals surface area contributed by atoms with Crippen molar-refractivity contribution in [3.63, 3.8) is 0 Å². The van der Waals surface area contributed by atoms with E-state index in [1.807, 2.05) is 12.1 Å². The fourth-order valence-electron chi connectivity index (χ4n) is 3.63. The molecule has 1 aliphatic rings. The summed E-state index contributed by atoms with van der Waals surface area (Å²) < 4.78 is 14.5. The van der Waals surface area contributed by atoms with Crippen LogP contribution in [-0.4, -0.2) is 32.5 Å². The third-order valence-corrected chi connectivity index (χ3v) is 5.30. The second kappa shape index (κ2) is 7.69. The quantitative estimate of drug-likeness (QED) is 0.689. The van der Waals surface area contributed by atoms with Gasteiger partial charge in [-0.1, -0.05) is 23.7 Å². The number of fused-ring (bicyclic) bond motifs is 1. The van der Waals surface area contributed by atoms with Crippen molar-refractivity contribution in [2.75, 3.05) is 6.54 Å². The molecule has 3 heterocycles. The van der Waals surface area contributed by atoms with Crippen molar-refractivity contribution in [1.29, 1.82) is 0 Å². The number of aromatic amines is 1. The lowest BCUT2D eigenvalue weighted by Crippen LogP contribution is -2.32. The third-order valence-electron chi connectivity index (χ3n) is 5.01. The number of nitrogens with zero attached hydrogens (tertiary/aromatic N) is 3. The fraction of sp³-hybridized carbons (Fsp3) is 0.250. The van der Waals surface area contributed by atoms with E-state index in [2.05, 4.69) is 15.2 Å². The number of H-pyrrole nitrogens is 1. The SMILES string of the molecule is NCCC(C(=O)N1Cc2[nH]nc(-c3cccnc3)c2C1)c1cccc(Cl)c1F. The molecule has 28 heavy (non-hydrogen) atoms. The summed E-state index contributed by atoms with van der Waals surface area (Å²) in [5.41, 5.74) is 9.49. The van der Waals surface area contributed by atoms with E-state index in [1.165, 1.54) is 6.07 Å². The number of halogens is 2. The lowest BCUT2D eigenvalue weighted by molar-refractivity contribution is -0.133. The normalized spacial score (nSPS) is 14.2. The van der Waals surface area contributed by atoms with Crippen LogP contribution in [-0.2, 0) is 17.9 Å². The lowest BCUT2D eigenvalue weighted by atomic mass is 9.93. The highest BCUT2D eigenvalue weighted by atomic mass is 35.5. The number of nitrogens with two attached hydrogens (primary N) is 1. The second-order valence-electron chi connectivity index (χ2n) is 6.74. The van der Waals surface area contributed by atoms with Crippen molar-refractivity contribution in [2.45, 2.75) is 25.4 Å². The highest BCUT2D eigenvalue weighted by Crippen LogP contribution is 2.34. The highest BCUT2D eigenvalue weighted by molar-refractivity contribution is 6.30. The van der Waals surface area contributed by atoms with Crippen LogP contribution in [0.2, 0.25) is 5.02 Å². The molecule has 1 aliphatic heterocycles. The first-order chi connectivity index (χ1) is 13.6. The summed E-state index contributed by atoms with van der Waals surface area (Å²) in [4.78, 5) is 19.1. The Balaban J connectivity index is 1.61. The minimum atomic E-state index is -0.678. The Hall–Kier alpha value is -2.77. The number of nitrogens with one attached hydrogen (secondary N) is 1. The largest absolute Gasteiger partial charge is 0.332 e. The van der Waals surface area contributed by atoms with Crippen LogP contribution in [0.15, 0.2) is 42.7 Å². The minimum absolute atomic E-state index is 0.00188. The number of carbonyl (C=O) groups is 1. The van der Waals surface area contributed by atoms with E-state index in [9.17, 15) is 9.18 Å². The van der Waals surface area contributed by atoms with Crippen LogP contribution in [0.25, 0.3) is 11.3 Å². The van der Waals surface area contributed by atoms with Gasteiger partial charge in [-0.3, -0.25) is 14.9 Å². The molecule has 0 bridgehead atoms. The molecule has 0 aliphatic carbocycles. The zero-order chi connectivity index (χ0) is 19.7. The van der Waals surface area contributed by atoms with E-state index in [0.29, 0.717) is 19.5 Å². The summed E-state index contributed by atoms with van der Waals surface area (Å²) >= 11 is 5.92. The molecule has 0 spiro atoms. The monoisotopic (exact) mass is 399 g/mol. The van der Waals surface area contributed by atoms with Gasteiger partial charge < -0.3 is 10.6 Å². The summed E-state index contributed by atoms with van der Waals surface area (Å²) in [7, 11) is 0. The van der Waals surface area contributed by atoms with Crippen molar-refractivity contribution in [3.05, 3.63) is 70.4 Å². The van der Waals surface area contributed by atoms with Crippen LogP contribution in [0.3, 0.4) is 0 Å². The molecule has 1 aromatic carbocycles. The molecule has 2 aromatic heterocycles. The number of hydrogen-bond acceptors (Lipinski definition) is 4. The van der Waals surface area contributed by atoms with E-state index in [-0.39, 0.29) is 23.0 Å². The molecule has 6 nitrogen and oxygen atoms in total. The van der Waals surface area contributed by atoms with E-state index in [4.69, 9.17) is 17.3 Å². The predicted octanol–water partition coefficient (Wildman–Crippen LogP) is 3.24. The van der Waals surface area contributed by atoms with Crippen LogP contribution in [0, 0.1) is 5.82 Å². The van der Waals surface area contributed by atoms with Crippen LogP contribution >= 0.6 is 11.6 Å². The van der Waals surface area contributed by atoms with Gasteiger partial charge >= 0.3 is 0 Å². The van der Waals surface area contributed by atoms with E-state index in [0.717, 1.165) is 22.5 Å². The number of hydrogen-bond donors (Lipinski definition) is 2. The van der Waals surface area contributed by atoms with Gasteiger partial charge in [0.05, 0.1) is 35.4 Å². The number of carbonyl (C=O) groups excluding carboxylic acids is 1. The zero-order valence-electron chi connectivity index (χ0n) is 15.0. The van der Waals surface area contributed by atoms with Gasteiger partial charge in [0.15, 0.2) is 0 Å². The van der Waals surface area contributed by atoms with Crippen LogP contribution in [0.5, 0.6) is 0 Å². The summed E-state index contributed by atoms with van der Waals surface area (Å²) in [5, 5.41) is 7.38. The summed E-state index contributed by atoms with van der Waals surface area (Å²) in [6.45, 7) is 1.06. The van der Waals surface area contributed by atoms with E-state index < -0.39 is 11.7 Å². The maximum Gasteiger partial charge on any atom is 0.230 e. The average Bonchev–Trinajstić information content (AvgIpc) is 3.29. The van der Waals surface area contributed by atoms with Gasteiger partial charge in [0.2, 0.25) is 5.91 Å². The molecule has 0 radical (unpaired) electrons. The van der Waals surface area contributed by atoms with Crippen molar-refractivity contribution >= 4 is 17.5 Å². The molecule has 1 amide bonds. The van der Waals surface area contributed by atoms with Crippen LogP contribution in [0.1, 0.15) is 29.2 Å². The minimum Gasteiger partial charge on any atom is -0.332 e. The Labute approximate surface area is 166 Å². The predicted molar refractivity (Wildman–Crippen MR) is 104 cm³/mol. The molecule has 1 unspecified atom stereocenters. The maximum absolute atomic E-state index is 14.5. The number of amides is 1. The van der Waals surface area contributed by atoms with Crippen LogP contribution < -0.4 is 5.73 Å². The molecular weight excluding hydrogens is 381 g/mol. The van der Waals surface area contributed by atoms with E-state index in [1.54, 1.807) is 29.4 Å². The van der Waals surface area contributed by atoms with E-state index >= 15 is 0 Å². The molecule has 0 fully saturated rings. The molecule has 1 atom stereocenters. The van der Waals surface area contributed by atoms with Gasteiger partial charge in [-0.05, 0) is 31.2 Å². The topological polar surface area (TPSA) is 87.9 Å². The summed E-state index contributed by atoms with van der Waals surface area (Å²) in [6, 6.07) is 8.47. The first kappa shape index (κ1) is 18.6. The average molecular weight is 400 g/mol. The summed E-state index contributed by atoms with van der Waals surface area (Å²) in [6.07, 6.45) is 3.77. The molecule has 144 valence electrons. The van der Waals surface area contributed by atoms with Gasteiger partial charge in [-0.15, -0.1) is 0 Å². The fourth-order valence-corrected chi connectivity index (χ4v) is 3.81. The Kier molecular flexibility index (Phi) is 5.11. The van der Waals surface area contributed by atoms with Gasteiger partial charge in [0.1, 0.15) is 5.82 Å². The van der Waals surface area contributed by atoms with Gasteiger partial charge in [0, 0.05) is 29.1 Å². The van der Waals surface area contributed by atoms with Crippen molar-refractivity contribution in [3.8, 4) is 11.3 Å². The Bertz CT molecular complexity index is 1010. The first-order valence-corrected chi connectivity index (χ1v) is 9.37. The van der Waals surface area contributed by atoms with Crippen molar-refractivity contribution in [1.82, 2.24) is 20.1 Å². The Morgan fingerprint density at radius 2 is 2.18 bits per heavy atom. The third kappa shape index (κ3) is 3.27. The first-order valence-electron chi connectivity index (χ1n) is 8.99. The van der Waals surface area contributed by atoms with Crippen molar-refractivity contribution in [2.24, 2.45) is 5.73 Å². The Morgan fingerprint density at radius 1 is 1.32 bits per heavy atom. The van der Waals surface area contributed by atoms with Gasteiger partial charge in [0.25, 0.3) is 0 Å². The standard InChI is InChI=1S/C20H19ClFN5O/c21-16-5-1-4-13(18(16)22)14(6-7-23)20(28)27-10-15-17(11-27)25-26-19(15)12-3-2-8-24-9-12/h1-5,8-9,14H,6-7,10-11,23H2,(H,25,26). The number of pyridine rings is 1. The maximum atomic E-state index is 14.5. The zero-order valence-corrected chi connectivity index (χ0v) is 15.8. The van der Waals surface area contributed by atoms with Crippen molar-refractivity contribution < 1.29 is 9.18 Å². The molecule has 0 saturated carbocycles. The number of aromatic nitrogens is 3. The van der Waals surface area contributed by atoms with Crippen LogP contribution in [0.4, 0.5) is 4.39 Å². The van der Waals surface area contributed by atoms with Gasteiger partial charge in [-0.2, -0.15) is 5.10 Å². The molecule has 8 heteroatoms. The molecular formula is C20H19ClFN5O. The Morgan fingerprint density at radius 3 is 2.93 bits per heavy atom. The highest BCUT2D eigenvalue weighted by Gasteiger charge is 2.34. The smallest absolute Gasteiger partial charge is 0.230 e. The second-order valence-corrected chi connectivity index (χ2v) is 7.15. The molecule has 0 saturated heterocycles. The molecule has 3 N–H and O–H groups in total. The lowest BCUT2D eigenvalue weighted by Gasteiger charge is -2.24. The number of benzene rings is 1. The number of rotatable bonds is 5. The molecule has 4 rings (SSSR count).